The van der Waals surface area contributed by atoms with Gasteiger partial charge in [0, 0.05) is 0 Å². The van der Waals surface area contributed by atoms with Crippen molar-refractivity contribution in [2.24, 2.45) is 5.90 Å². The minimum absolute atomic E-state index is 1.19. The summed E-state index contributed by atoms with van der Waals surface area (Å²) in [5.41, 5.74) is 0. The van der Waals surface area contributed by atoms with Gasteiger partial charge in [0.1, 0.15) is 18.3 Å². The molecule has 0 aromatic heterocycles. The van der Waals surface area contributed by atoms with Crippen molar-refractivity contribution in [3.8, 4) is 0 Å². The lowest BCUT2D eigenvalue weighted by Gasteiger charge is -2.38. The first-order valence-electron chi connectivity index (χ1n) is 4.48. The summed E-state index contributed by atoms with van der Waals surface area (Å²) in [5.74, 6) is 2.95. The van der Waals surface area contributed by atoms with E-state index in [1.54, 1.807) is 0 Å². The van der Waals surface area contributed by atoms with Crippen molar-refractivity contribution in [3.63, 3.8) is 0 Å². The van der Waals surface area contributed by atoms with E-state index in [1.165, 1.54) is 0 Å². The summed E-state index contributed by atoms with van der Waals surface area (Å²) in [5, 5.41) is 38.6. The monoisotopic (exact) mass is 252 g/mol. The number of carboxylic acids is 1. The maximum atomic E-state index is 10.7. The second-order valence-corrected chi connectivity index (χ2v) is 3.34. The molecule has 1 rings (SSSR count). The predicted molar refractivity (Wildman–Crippen MR) is 48.1 cm³/mol. The first kappa shape index (κ1) is 13.6. The summed E-state index contributed by atoms with van der Waals surface area (Å²) < 4.78 is 4.69. The van der Waals surface area contributed by atoms with Crippen molar-refractivity contribution < 1.29 is 39.6 Å². The minimum Gasteiger partial charge on any atom is -0.479 e. The van der Waals surface area contributed by atoms with Crippen LogP contribution in [-0.4, -0.2) is 63.1 Å². The number of nitrogens with two attached hydrogens (primary N) is 1. The van der Waals surface area contributed by atoms with Crippen molar-refractivity contribution in [3.05, 3.63) is 0 Å². The number of carbonyl (C=O) groups excluding carboxylic acids is 1. The minimum atomic E-state index is -1.82. The average Bonchev–Trinajstić information content (AvgIpc) is 2.29. The van der Waals surface area contributed by atoms with Crippen LogP contribution in [-0.2, 0) is 14.4 Å². The van der Waals surface area contributed by atoms with Gasteiger partial charge in [0.25, 0.3) is 0 Å². The van der Waals surface area contributed by atoms with Gasteiger partial charge in [-0.15, -0.1) is 0 Å². The highest BCUT2D eigenvalue weighted by molar-refractivity contribution is 5.73. The standard InChI is InChI=1S/C7H12N2O8/c8-17-7(15)9-5-3(12)1(10)2(11)4(16-5)6(13)14/h1-5,10-12H,8H2,(H,9,15)(H,13,14)/t1-,2-,3+,4-,5-/m0/s1. The lowest BCUT2D eigenvalue weighted by Crippen LogP contribution is -2.64. The Labute approximate surface area is 94.5 Å². The highest BCUT2D eigenvalue weighted by Crippen LogP contribution is 2.20. The summed E-state index contributed by atoms with van der Waals surface area (Å²) in [6.45, 7) is 0. The largest absolute Gasteiger partial charge is 0.479 e. The lowest BCUT2D eigenvalue weighted by molar-refractivity contribution is -0.232. The molecule has 10 heteroatoms. The quantitative estimate of drug-likeness (QED) is 0.272. The highest BCUT2D eigenvalue weighted by Gasteiger charge is 2.47. The maximum Gasteiger partial charge on any atom is 0.427 e. The Hall–Kier alpha value is -1.46. The highest BCUT2D eigenvalue weighted by atomic mass is 16.7. The molecule has 0 aliphatic carbocycles. The van der Waals surface area contributed by atoms with E-state index in [4.69, 9.17) is 5.11 Å². The molecule has 7 N–H and O–H groups in total. The van der Waals surface area contributed by atoms with Crippen LogP contribution in [0.1, 0.15) is 0 Å². The van der Waals surface area contributed by atoms with E-state index in [-0.39, 0.29) is 0 Å². The van der Waals surface area contributed by atoms with Crippen LogP contribution < -0.4 is 11.2 Å². The summed E-state index contributed by atoms with van der Waals surface area (Å²) >= 11 is 0. The molecule has 1 aliphatic rings. The van der Waals surface area contributed by atoms with Crippen molar-refractivity contribution in [1.82, 2.24) is 5.32 Å². The predicted octanol–water partition coefficient (Wildman–Crippen LogP) is -3.52. The van der Waals surface area contributed by atoms with E-state index < -0.39 is 42.7 Å². The second-order valence-electron chi connectivity index (χ2n) is 3.34. The Kier molecular flexibility index (Phi) is 4.20. The molecule has 0 radical (unpaired) electrons. The van der Waals surface area contributed by atoms with Gasteiger partial charge in [0.15, 0.2) is 12.3 Å². The average molecular weight is 252 g/mol. The number of aliphatic hydroxyl groups excluding tert-OH is 3. The number of rotatable bonds is 2. The van der Waals surface area contributed by atoms with Gasteiger partial charge in [0.05, 0.1) is 0 Å². The number of aliphatic hydroxyl groups is 3. The first-order chi connectivity index (χ1) is 7.88. The fourth-order valence-electron chi connectivity index (χ4n) is 1.35. The van der Waals surface area contributed by atoms with Crippen LogP contribution in [0, 0.1) is 0 Å². The Morgan fingerprint density at radius 2 is 1.76 bits per heavy atom. The van der Waals surface area contributed by atoms with Crippen molar-refractivity contribution in [2.45, 2.75) is 30.6 Å². The first-order valence-corrected chi connectivity index (χ1v) is 4.48. The van der Waals surface area contributed by atoms with E-state index >= 15 is 0 Å². The van der Waals surface area contributed by atoms with Gasteiger partial charge in [-0.2, -0.15) is 5.90 Å². The zero-order chi connectivity index (χ0) is 13.2. The summed E-state index contributed by atoms with van der Waals surface area (Å²) in [6, 6.07) is 0. The van der Waals surface area contributed by atoms with Gasteiger partial charge in [-0.3, -0.25) is 5.32 Å². The van der Waals surface area contributed by atoms with Gasteiger partial charge >= 0.3 is 12.1 Å². The Morgan fingerprint density at radius 1 is 1.18 bits per heavy atom. The molecule has 1 saturated heterocycles. The molecule has 0 aromatic rings. The molecule has 0 unspecified atom stereocenters. The van der Waals surface area contributed by atoms with Crippen LogP contribution in [0.25, 0.3) is 0 Å². The molecule has 1 aliphatic heterocycles. The molecule has 17 heavy (non-hydrogen) atoms. The third kappa shape index (κ3) is 2.81. The molecule has 1 heterocycles. The zero-order valence-corrected chi connectivity index (χ0v) is 8.39. The summed E-state index contributed by atoms with van der Waals surface area (Å²) in [4.78, 5) is 25.1. The van der Waals surface area contributed by atoms with Crippen molar-refractivity contribution in [2.75, 3.05) is 0 Å². The van der Waals surface area contributed by atoms with Gasteiger partial charge in [-0.05, 0) is 0 Å². The number of aliphatic carboxylic acids is 1. The van der Waals surface area contributed by atoms with Crippen LogP contribution in [0.2, 0.25) is 0 Å². The summed E-state index contributed by atoms with van der Waals surface area (Å²) in [6.07, 6.45) is -9.90. The molecule has 10 nitrogen and oxygen atoms in total. The van der Waals surface area contributed by atoms with Gasteiger partial charge in [-0.25, -0.2) is 9.59 Å². The molecule has 0 spiro atoms. The van der Waals surface area contributed by atoms with E-state index in [9.17, 15) is 24.9 Å². The number of amides is 1. The van der Waals surface area contributed by atoms with Crippen LogP contribution in [0.3, 0.4) is 0 Å². The van der Waals surface area contributed by atoms with Gasteiger partial charge in [-0.1, -0.05) is 0 Å². The smallest absolute Gasteiger partial charge is 0.427 e. The fourth-order valence-corrected chi connectivity index (χ4v) is 1.35. The SMILES string of the molecule is NOC(=O)N[C@H]1O[C@H](C(=O)O)[C@@H](O)[C@H](O)[C@H]1O. The Morgan fingerprint density at radius 3 is 2.24 bits per heavy atom. The Bertz CT molecular complexity index is 310. The third-order valence-corrected chi connectivity index (χ3v) is 2.22. The fraction of sp³-hybridized carbons (Fsp3) is 0.714. The number of carboxylic acid groups (broad SMARTS) is 1. The van der Waals surface area contributed by atoms with E-state index in [2.05, 4.69) is 15.5 Å². The van der Waals surface area contributed by atoms with Crippen LogP contribution >= 0.6 is 0 Å². The van der Waals surface area contributed by atoms with Crippen molar-refractivity contribution in [1.29, 1.82) is 0 Å². The molecule has 98 valence electrons. The lowest BCUT2D eigenvalue weighted by atomic mass is 9.98. The molecule has 0 saturated carbocycles. The molecule has 1 fully saturated rings. The zero-order valence-electron chi connectivity index (χ0n) is 8.39. The second kappa shape index (κ2) is 5.25. The maximum absolute atomic E-state index is 10.7. The Balaban J connectivity index is 2.78. The van der Waals surface area contributed by atoms with Crippen molar-refractivity contribution >= 4 is 12.1 Å². The van der Waals surface area contributed by atoms with Crippen LogP contribution in [0.5, 0.6) is 0 Å². The number of hydrogen-bond acceptors (Lipinski definition) is 8. The van der Waals surface area contributed by atoms with Gasteiger partial charge < -0.3 is 30.0 Å². The molecule has 1 amide bonds. The third-order valence-electron chi connectivity index (χ3n) is 2.22. The topological polar surface area (TPSA) is 172 Å². The normalized spacial score (nSPS) is 37.3. The molecule has 0 bridgehead atoms. The molecule has 0 aromatic carbocycles. The number of carbonyl (C=O) groups is 2. The van der Waals surface area contributed by atoms with E-state index in [1.807, 2.05) is 5.32 Å². The number of ether oxygens (including phenoxy) is 1. The molecular formula is C7H12N2O8. The molecule has 5 atom stereocenters. The summed E-state index contributed by atoms with van der Waals surface area (Å²) in [7, 11) is 0. The van der Waals surface area contributed by atoms with E-state index in [0.717, 1.165) is 0 Å². The molecular weight excluding hydrogens is 240 g/mol. The van der Waals surface area contributed by atoms with Gasteiger partial charge in [0.2, 0.25) is 0 Å². The number of nitrogens with one attached hydrogen (secondary N) is 1. The number of hydrogen-bond donors (Lipinski definition) is 6. The van der Waals surface area contributed by atoms with E-state index in [0.29, 0.717) is 0 Å². The van der Waals surface area contributed by atoms with Crippen LogP contribution in [0.15, 0.2) is 0 Å². The van der Waals surface area contributed by atoms with Crippen LogP contribution in [0.4, 0.5) is 4.79 Å².